The van der Waals surface area contributed by atoms with Gasteiger partial charge >= 0.3 is 0 Å². The first-order valence-corrected chi connectivity index (χ1v) is 10.8. The Kier molecular flexibility index (Phi) is 4.59. The molecule has 0 aliphatic carbocycles. The predicted octanol–water partition coefficient (Wildman–Crippen LogP) is 5.73. The molecule has 2 aromatic heterocycles. The lowest BCUT2D eigenvalue weighted by atomic mass is 9.95. The molecule has 0 saturated carbocycles. The van der Waals surface area contributed by atoms with E-state index in [4.69, 9.17) is 8.94 Å². The van der Waals surface area contributed by atoms with Crippen molar-refractivity contribution in [2.45, 2.75) is 32.7 Å². The molecule has 1 amide bonds. The predicted molar refractivity (Wildman–Crippen MR) is 121 cm³/mol. The highest BCUT2D eigenvalue weighted by Gasteiger charge is 2.44. The van der Waals surface area contributed by atoms with Crippen LogP contribution in [0.3, 0.4) is 0 Å². The van der Waals surface area contributed by atoms with Gasteiger partial charge in [-0.15, -0.1) is 0 Å². The van der Waals surface area contributed by atoms with Crippen LogP contribution in [0.25, 0.3) is 11.0 Å². The first-order chi connectivity index (χ1) is 14.8. The molecule has 156 valence electrons. The highest BCUT2D eigenvalue weighted by molar-refractivity contribution is 9.10. The van der Waals surface area contributed by atoms with Gasteiger partial charge in [0.05, 0.1) is 17.0 Å². The SMILES string of the molecule is Cc1cc(N2C(=O)c3oc4ccc(Br)cc4c(=O)c3C2c2ccc(C(C)C)cc2)no1. The number of carbonyl (C=O) groups is 1. The molecular formula is C24H19BrN2O4. The fraction of sp³-hybridized carbons (Fsp3) is 0.208. The average Bonchev–Trinajstić information content (AvgIpc) is 3.30. The van der Waals surface area contributed by atoms with Crippen molar-refractivity contribution in [3.63, 3.8) is 0 Å². The van der Waals surface area contributed by atoms with Crippen molar-refractivity contribution in [1.82, 2.24) is 5.16 Å². The summed E-state index contributed by atoms with van der Waals surface area (Å²) in [5.41, 5.74) is 2.43. The lowest BCUT2D eigenvalue weighted by Crippen LogP contribution is -2.29. The number of nitrogens with zero attached hydrogens (tertiary/aromatic N) is 2. The van der Waals surface area contributed by atoms with Crippen molar-refractivity contribution in [3.8, 4) is 0 Å². The topological polar surface area (TPSA) is 76.6 Å². The summed E-state index contributed by atoms with van der Waals surface area (Å²) in [5, 5.41) is 4.46. The summed E-state index contributed by atoms with van der Waals surface area (Å²) in [7, 11) is 0. The molecule has 1 atom stereocenters. The fourth-order valence-corrected chi connectivity index (χ4v) is 4.39. The molecule has 4 aromatic rings. The number of amides is 1. The molecule has 5 rings (SSSR count). The minimum Gasteiger partial charge on any atom is -0.450 e. The maximum atomic E-state index is 13.6. The van der Waals surface area contributed by atoms with Gasteiger partial charge in [0.25, 0.3) is 5.91 Å². The Morgan fingerprint density at radius 1 is 1.06 bits per heavy atom. The summed E-state index contributed by atoms with van der Waals surface area (Å²) in [6, 6.07) is 14.1. The summed E-state index contributed by atoms with van der Waals surface area (Å²) in [5.74, 6) is 0.909. The zero-order valence-corrected chi connectivity index (χ0v) is 18.8. The molecule has 1 aliphatic rings. The van der Waals surface area contributed by atoms with Gasteiger partial charge in [0, 0.05) is 10.5 Å². The lowest BCUT2D eigenvalue weighted by molar-refractivity contribution is 0.0969. The summed E-state index contributed by atoms with van der Waals surface area (Å²) in [4.78, 5) is 28.5. The third-order valence-electron chi connectivity index (χ3n) is 5.61. The molecule has 1 unspecified atom stereocenters. The standard InChI is InChI=1S/C24H19BrN2O4/c1-12(2)14-4-6-15(7-5-14)21-20-22(28)17-11-16(25)8-9-18(17)30-23(20)24(29)27(21)19-10-13(3)31-26-19/h4-12,21H,1-3H3. The largest absolute Gasteiger partial charge is 0.450 e. The lowest BCUT2D eigenvalue weighted by Gasteiger charge is -2.22. The van der Waals surface area contributed by atoms with Gasteiger partial charge in [0.2, 0.25) is 5.76 Å². The number of rotatable bonds is 3. The van der Waals surface area contributed by atoms with Crippen molar-refractivity contribution in [3.05, 3.63) is 91.4 Å². The van der Waals surface area contributed by atoms with Gasteiger partial charge in [0.1, 0.15) is 11.3 Å². The number of anilines is 1. The van der Waals surface area contributed by atoms with Crippen LogP contribution in [0.4, 0.5) is 5.82 Å². The van der Waals surface area contributed by atoms with E-state index >= 15 is 0 Å². The van der Waals surface area contributed by atoms with Crippen molar-refractivity contribution < 1.29 is 13.7 Å². The van der Waals surface area contributed by atoms with E-state index < -0.39 is 11.9 Å². The van der Waals surface area contributed by atoms with E-state index in [0.29, 0.717) is 34.0 Å². The number of aryl methyl sites for hydroxylation is 1. The van der Waals surface area contributed by atoms with Gasteiger partial charge in [-0.1, -0.05) is 59.2 Å². The van der Waals surface area contributed by atoms with E-state index in [1.54, 1.807) is 31.2 Å². The normalized spacial score (nSPS) is 15.8. The molecule has 7 heteroatoms. The number of halogens is 1. The van der Waals surface area contributed by atoms with Gasteiger partial charge in [-0.3, -0.25) is 14.5 Å². The van der Waals surface area contributed by atoms with Crippen LogP contribution >= 0.6 is 15.9 Å². The van der Waals surface area contributed by atoms with Crippen LogP contribution in [0, 0.1) is 6.92 Å². The van der Waals surface area contributed by atoms with Gasteiger partial charge in [0.15, 0.2) is 11.2 Å². The van der Waals surface area contributed by atoms with Gasteiger partial charge < -0.3 is 8.94 Å². The van der Waals surface area contributed by atoms with E-state index in [9.17, 15) is 9.59 Å². The molecule has 3 heterocycles. The van der Waals surface area contributed by atoms with E-state index in [0.717, 1.165) is 10.0 Å². The molecule has 2 aromatic carbocycles. The highest BCUT2D eigenvalue weighted by atomic mass is 79.9. The monoisotopic (exact) mass is 478 g/mol. The molecule has 0 saturated heterocycles. The Morgan fingerprint density at radius 2 is 1.81 bits per heavy atom. The Balaban J connectivity index is 1.78. The molecule has 0 fully saturated rings. The summed E-state index contributed by atoms with van der Waals surface area (Å²) >= 11 is 3.41. The van der Waals surface area contributed by atoms with Gasteiger partial charge in [-0.05, 0) is 42.2 Å². The van der Waals surface area contributed by atoms with Crippen LogP contribution in [0.5, 0.6) is 0 Å². The fourth-order valence-electron chi connectivity index (χ4n) is 4.03. The number of benzene rings is 2. The molecule has 1 aliphatic heterocycles. The molecule has 6 nitrogen and oxygen atoms in total. The molecular weight excluding hydrogens is 460 g/mol. The first kappa shape index (κ1) is 19.8. The first-order valence-electron chi connectivity index (χ1n) is 9.98. The van der Waals surface area contributed by atoms with Crippen molar-refractivity contribution in [2.75, 3.05) is 4.90 Å². The molecule has 0 radical (unpaired) electrons. The maximum Gasteiger partial charge on any atom is 0.296 e. The zero-order valence-electron chi connectivity index (χ0n) is 17.2. The van der Waals surface area contributed by atoms with Crippen LogP contribution in [0.15, 0.2) is 66.7 Å². The number of aromatic nitrogens is 1. The number of hydrogen-bond donors (Lipinski definition) is 0. The second-order valence-electron chi connectivity index (χ2n) is 8.01. The van der Waals surface area contributed by atoms with Crippen molar-refractivity contribution >= 4 is 38.6 Å². The summed E-state index contributed by atoms with van der Waals surface area (Å²) in [6.07, 6.45) is 0. The molecule has 0 spiro atoms. The van der Waals surface area contributed by atoms with Crippen LogP contribution in [-0.4, -0.2) is 11.1 Å². The molecule has 0 N–H and O–H groups in total. The van der Waals surface area contributed by atoms with E-state index in [1.165, 1.54) is 10.5 Å². The second kappa shape index (κ2) is 7.20. The van der Waals surface area contributed by atoms with Crippen molar-refractivity contribution in [1.29, 1.82) is 0 Å². The minimum absolute atomic E-state index is 0.0402. The smallest absolute Gasteiger partial charge is 0.296 e. The minimum atomic E-state index is -0.659. The van der Waals surface area contributed by atoms with E-state index in [2.05, 4.69) is 34.9 Å². The van der Waals surface area contributed by atoms with Gasteiger partial charge in [-0.25, -0.2) is 0 Å². The molecule has 31 heavy (non-hydrogen) atoms. The summed E-state index contributed by atoms with van der Waals surface area (Å²) in [6.45, 7) is 5.99. The highest BCUT2D eigenvalue weighted by Crippen LogP contribution is 2.41. The van der Waals surface area contributed by atoms with Crippen LogP contribution in [-0.2, 0) is 0 Å². The average molecular weight is 479 g/mol. The van der Waals surface area contributed by atoms with Crippen LogP contribution < -0.4 is 10.3 Å². The number of carbonyl (C=O) groups excluding carboxylic acids is 1. The zero-order chi connectivity index (χ0) is 21.9. The maximum absolute atomic E-state index is 13.6. The third-order valence-corrected chi connectivity index (χ3v) is 6.11. The second-order valence-corrected chi connectivity index (χ2v) is 8.92. The molecule has 0 bridgehead atoms. The third kappa shape index (κ3) is 3.11. The van der Waals surface area contributed by atoms with E-state index in [1.807, 2.05) is 24.3 Å². The van der Waals surface area contributed by atoms with Gasteiger partial charge in [-0.2, -0.15) is 0 Å². The van der Waals surface area contributed by atoms with E-state index in [-0.39, 0.29) is 11.2 Å². The summed E-state index contributed by atoms with van der Waals surface area (Å²) < 4.78 is 11.9. The Labute approximate surface area is 186 Å². The van der Waals surface area contributed by atoms with Crippen LogP contribution in [0.1, 0.15) is 58.8 Å². The number of hydrogen-bond acceptors (Lipinski definition) is 5. The number of fused-ring (bicyclic) bond motifs is 2. The Morgan fingerprint density at radius 3 is 2.45 bits per heavy atom. The Hall–Kier alpha value is -3.19. The Bertz CT molecular complexity index is 1390. The van der Waals surface area contributed by atoms with Crippen LogP contribution in [0.2, 0.25) is 0 Å². The quantitative estimate of drug-likeness (QED) is 0.376. The van der Waals surface area contributed by atoms with Crippen molar-refractivity contribution in [2.24, 2.45) is 0 Å².